The third kappa shape index (κ3) is 4.77. The number of aliphatic carboxylic acids is 1. The van der Waals surface area contributed by atoms with Gasteiger partial charge in [-0.1, -0.05) is 6.07 Å². The average Bonchev–Trinajstić information content (AvgIpc) is 2.45. The molecule has 1 aromatic carbocycles. The van der Waals surface area contributed by atoms with E-state index in [2.05, 4.69) is 5.32 Å². The number of hydrogen-bond acceptors (Lipinski definition) is 3. The van der Waals surface area contributed by atoms with E-state index in [9.17, 15) is 22.8 Å². The van der Waals surface area contributed by atoms with Crippen molar-refractivity contribution in [2.45, 2.75) is 25.6 Å². The molecule has 0 spiro atoms. The minimum atomic E-state index is -4.60. The van der Waals surface area contributed by atoms with Crippen LogP contribution in [-0.4, -0.2) is 23.0 Å². The summed E-state index contributed by atoms with van der Waals surface area (Å²) in [6, 6.07) is 4.14. The lowest BCUT2D eigenvalue weighted by atomic mass is 10.0. The van der Waals surface area contributed by atoms with Gasteiger partial charge in [0.2, 0.25) is 0 Å². The first kappa shape index (κ1) is 17.5. The Morgan fingerprint density at radius 2 is 2.05 bits per heavy atom. The Bertz CT molecular complexity index is 608. The highest BCUT2D eigenvalue weighted by Crippen LogP contribution is 2.29. The summed E-state index contributed by atoms with van der Waals surface area (Å²) in [6.07, 6.45) is -4.74. The van der Waals surface area contributed by atoms with Gasteiger partial charge in [-0.3, -0.25) is 4.79 Å². The zero-order chi connectivity index (χ0) is 16.9. The van der Waals surface area contributed by atoms with Crippen molar-refractivity contribution < 1.29 is 27.9 Å². The molecule has 1 rings (SSSR count). The highest BCUT2D eigenvalue weighted by atomic mass is 19.4. The van der Waals surface area contributed by atoms with Gasteiger partial charge in [0.05, 0.1) is 11.6 Å². The SMILES string of the molecule is C[C@@H](C#N)C[C@H](NC(=O)c1cccc(C(F)(F)F)c1)C(=O)O. The number of carboxylic acids is 1. The predicted octanol–water partition coefficient (Wildman–Crippen LogP) is 2.44. The summed E-state index contributed by atoms with van der Waals surface area (Å²) < 4.78 is 37.7. The van der Waals surface area contributed by atoms with E-state index in [4.69, 9.17) is 10.4 Å². The second kappa shape index (κ2) is 6.93. The molecular formula is C14H13F3N2O3. The Morgan fingerprint density at radius 3 is 2.55 bits per heavy atom. The normalized spacial score (nSPS) is 13.8. The van der Waals surface area contributed by atoms with Crippen molar-refractivity contribution >= 4 is 11.9 Å². The molecule has 0 aromatic heterocycles. The molecule has 0 saturated carbocycles. The molecule has 2 atom stereocenters. The van der Waals surface area contributed by atoms with Gasteiger partial charge in [-0.05, 0) is 31.5 Å². The number of nitriles is 1. The second-order valence-electron chi connectivity index (χ2n) is 4.71. The van der Waals surface area contributed by atoms with Crippen molar-refractivity contribution in [1.29, 1.82) is 5.26 Å². The lowest BCUT2D eigenvalue weighted by Crippen LogP contribution is -2.41. The lowest BCUT2D eigenvalue weighted by molar-refractivity contribution is -0.140. The first-order valence-electron chi connectivity index (χ1n) is 6.25. The predicted molar refractivity (Wildman–Crippen MR) is 69.7 cm³/mol. The van der Waals surface area contributed by atoms with Crippen LogP contribution in [-0.2, 0) is 11.0 Å². The fourth-order valence-electron chi connectivity index (χ4n) is 1.71. The van der Waals surface area contributed by atoms with E-state index in [1.807, 2.05) is 6.07 Å². The van der Waals surface area contributed by atoms with Crippen LogP contribution in [0.1, 0.15) is 29.3 Å². The molecule has 0 aliphatic heterocycles. The van der Waals surface area contributed by atoms with E-state index < -0.39 is 35.6 Å². The zero-order valence-corrected chi connectivity index (χ0v) is 11.5. The Morgan fingerprint density at radius 1 is 1.41 bits per heavy atom. The van der Waals surface area contributed by atoms with Crippen LogP contribution in [0.4, 0.5) is 13.2 Å². The summed E-state index contributed by atoms with van der Waals surface area (Å²) in [5.74, 6) is -2.92. The van der Waals surface area contributed by atoms with E-state index in [0.29, 0.717) is 6.07 Å². The summed E-state index contributed by atoms with van der Waals surface area (Å²) in [6.45, 7) is 1.48. The van der Waals surface area contributed by atoms with Gasteiger partial charge in [0.1, 0.15) is 6.04 Å². The number of hydrogen-bond donors (Lipinski definition) is 2. The van der Waals surface area contributed by atoms with E-state index >= 15 is 0 Å². The van der Waals surface area contributed by atoms with Gasteiger partial charge in [0.15, 0.2) is 0 Å². The maximum Gasteiger partial charge on any atom is 0.416 e. The molecule has 0 bridgehead atoms. The van der Waals surface area contributed by atoms with Crippen molar-refractivity contribution in [3.63, 3.8) is 0 Å². The summed E-state index contributed by atoms with van der Waals surface area (Å²) in [4.78, 5) is 22.9. The van der Waals surface area contributed by atoms with Gasteiger partial charge in [-0.2, -0.15) is 18.4 Å². The average molecular weight is 314 g/mol. The summed E-state index contributed by atoms with van der Waals surface area (Å²) in [7, 11) is 0. The van der Waals surface area contributed by atoms with Crippen LogP contribution in [0.25, 0.3) is 0 Å². The van der Waals surface area contributed by atoms with Crippen LogP contribution < -0.4 is 5.32 Å². The number of rotatable bonds is 5. The number of carbonyl (C=O) groups is 2. The smallest absolute Gasteiger partial charge is 0.416 e. The third-order valence-electron chi connectivity index (χ3n) is 2.87. The highest BCUT2D eigenvalue weighted by Gasteiger charge is 2.31. The Labute approximate surface area is 124 Å². The molecule has 0 aliphatic carbocycles. The van der Waals surface area contributed by atoms with Crippen molar-refractivity contribution in [1.82, 2.24) is 5.32 Å². The molecule has 1 aromatic rings. The summed E-state index contributed by atoms with van der Waals surface area (Å²) >= 11 is 0. The molecule has 0 unspecified atom stereocenters. The van der Waals surface area contributed by atoms with Crippen molar-refractivity contribution in [3.05, 3.63) is 35.4 Å². The monoisotopic (exact) mass is 314 g/mol. The Kier molecular flexibility index (Phi) is 5.51. The molecule has 0 radical (unpaired) electrons. The molecular weight excluding hydrogens is 301 g/mol. The van der Waals surface area contributed by atoms with E-state index in [1.165, 1.54) is 6.92 Å². The van der Waals surface area contributed by atoms with E-state index in [1.54, 1.807) is 0 Å². The van der Waals surface area contributed by atoms with Crippen LogP contribution in [0.3, 0.4) is 0 Å². The number of amides is 1. The highest BCUT2D eigenvalue weighted by molar-refractivity contribution is 5.96. The molecule has 2 N–H and O–H groups in total. The van der Waals surface area contributed by atoms with E-state index in [-0.39, 0.29) is 12.0 Å². The van der Waals surface area contributed by atoms with E-state index in [0.717, 1.165) is 18.2 Å². The molecule has 1 amide bonds. The number of nitrogens with one attached hydrogen (secondary N) is 1. The van der Waals surface area contributed by atoms with Crippen LogP contribution in [0.5, 0.6) is 0 Å². The summed E-state index contributed by atoms with van der Waals surface area (Å²) in [5.41, 5.74) is -1.30. The molecule has 0 heterocycles. The number of benzene rings is 1. The van der Waals surface area contributed by atoms with Gasteiger partial charge in [0.25, 0.3) is 5.91 Å². The maximum absolute atomic E-state index is 12.6. The maximum atomic E-state index is 12.6. The van der Waals surface area contributed by atoms with Crippen molar-refractivity contribution in [2.24, 2.45) is 5.92 Å². The van der Waals surface area contributed by atoms with Crippen LogP contribution in [0.15, 0.2) is 24.3 Å². The number of alkyl halides is 3. The first-order valence-corrected chi connectivity index (χ1v) is 6.25. The van der Waals surface area contributed by atoms with Crippen molar-refractivity contribution in [2.75, 3.05) is 0 Å². The molecule has 22 heavy (non-hydrogen) atoms. The first-order chi connectivity index (χ1) is 10.1. The molecule has 5 nitrogen and oxygen atoms in total. The number of carboxylic acid groups (broad SMARTS) is 1. The summed E-state index contributed by atoms with van der Waals surface area (Å²) in [5, 5.41) is 19.8. The van der Waals surface area contributed by atoms with Gasteiger partial charge in [-0.25, -0.2) is 4.79 Å². The Hall–Kier alpha value is -2.56. The third-order valence-corrected chi connectivity index (χ3v) is 2.87. The van der Waals surface area contributed by atoms with Gasteiger partial charge < -0.3 is 10.4 Å². The molecule has 0 saturated heterocycles. The quantitative estimate of drug-likeness (QED) is 0.873. The van der Waals surface area contributed by atoms with Crippen LogP contribution in [0, 0.1) is 17.2 Å². The number of halogens is 3. The largest absolute Gasteiger partial charge is 0.480 e. The molecule has 118 valence electrons. The minimum Gasteiger partial charge on any atom is -0.480 e. The van der Waals surface area contributed by atoms with Crippen LogP contribution in [0.2, 0.25) is 0 Å². The topological polar surface area (TPSA) is 90.2 Å². The van der Waals surface area contributed by atoms with Gasteiger partial charge in [0, 0.05) is 11.5 Å². The fourth-order valence-corrected chi connectivity index (χ4v) is 1.71. The lowest BCUT2D eigenvalue weighted by Gasteiger charge is -2.16. The zero-order valence-electron chi connectivity index (χ0n) is 11.5. The van der Waals surface area contributed by atoms with Gasteiger partial charge in [-0.15, -0.1) is 0 Å². The minimum absolute atomic E-state index is 0.142. The fraction of sp³-hybridized carbons (Fsp3) is 0.357. The standard InChI is InChI=1S/C14H13F3N2O3/c1-8(7-18)5-11(13(21)22)19-12(20)9-3-2-4-10(6-9)14(15,16)17/h2-4,6,8,11H,5H2,1H3,(H,19,20)(H,21,22)/t8-,11+/m1/s1. The number of carbonyl (C=O) groups excluding carboxylic acids is 1. The Balaban J connectivity index is 2.91. The van der Waals surface area contributed by atoms with Crippen LogP contribution >= 0.6 is 0 Å². The second-order valence-corrected chi connectivity index (χ2v) is 4.71. The molecule has 0 fully saturated rings. The molecule has 8 heteroatoms. The molecule has 0 aliphatic rings. The van der Waals surface area contributed by atoms with Crippen molar-refractivity contribution in [3.8, 4) is 6.07 Å². The number of nitrogens with zero attached hydrogens (tertiary/aromatic N) is 1. The van der Waals surface area contributed by atoms with Gasteiger partial charge >= 0.3 is 12.1 Å².